The Morgan fingerprint density at radius 1 is 1.37 bits per heavy atom. The maximum absolute atomic E-state index is 10.7. The first kappa shape index (κ1) is 14.0. The second kappa shape index (κ2) is 6.68. The van der Waals surface area contributed by atoms with E-state index in [9.17, 15) is 4.79 Å². The van der Waals surface area contributed by atoms with Gasteiger partial charge in [-0.05, 0) is 26.0 Å². The van der Waals surface area contributed by atoms with E-state index < -0.39 is 0 Å². The van der Waals surface area contributed by atoms with E-state index in [1.54, 1.807) is 12.1 Å². The Labute approximate surface area is 114 Å². The summed E-state index contributed by atoms with van der Waals surface area (Å²) in [5.41, 5.74) is 0.651. The molecule has 0 radical (unpaired) electrons. The SMILES string of the molecule is C[C@@H]1C[NH+](CCOc2cccc(C=O)c2)C[C@@H](C)O1. The third-order valence-electron chi connectivity index (χ3n) is 3.34. The van der Waals surface area contributed by atoms with Crippen molar-refractivity contribution >= 4 is 6.29 Å². The topological polar surface area (TPSA) is 40.0 Å². The number of rotatable bonds is 5. The number of benzene rings is 1. The largest absolute Gasteiger partial charge is 0.488 e. The van der Waals surface area contributed by atoms with Crippen molar-refractivity contribution in [3.05, 3.63) is 29.8 Å². The molecule has 1 saturated heterocycles. The third kappa shape index (κ3) is 4.33. The minimum absolute atomic E-state index is 0.317. The zero-order valence-corrected chi connectivity index (χ0v) is 11.6. The predicted molar refractivity (Wildman–Crippen MR) is 72.9 cm³/mol. The molecule has 4 heteroatoms. The number of aldehydes is 1. The third-order valence-corrected chi connectivity index (χ3v) is 3.34. The lowest BCUT2D eigenvalue weighted by Gasteiger charge is -2.32. The molecular formula is C15H22NO3+. The molecule has 1 N–H and O–H groups in total. The van der Waals surface area contributed by atoms with Gasteiger partial charge in [-0.25, -0.2) is 0 Å². The first-order valence-corrected chi connectivity index (χ1v) is 6.84. The number of carbonyl (C=O) groups excluding carboxylic acids is 1. The van der Waals surface area contributed by atoms with Crippen molar-refractivity contribution in [1.29, 1.82) is 0 Å². The van der Waals surface area contributed by atoms with Gasteiger partial charge in [0.1, 0.15) is 50.5 Å². The number of carbonyl (C=O) groups is 1. The zero-order chi connectivity index (χ0) is 13.7. The summed E-state index contributed by atoms with van der Waals surface area (Å²) in [6, 6.07) is 7.26. The molecule has 0 unspecified atom stereocenters. The molecule has 2 rings (SSSR count). The molecule has 1 aliphatic heterocycles. The summed E-state index contributed by atoms with van der Waals surface area (Å²) in [6.45, 7) is 7.92. The van der Waals surface area contributed by atoms with E-state index >= 15 is 0 Å². The van der Waals surface area contributed by atoms with Crippen molar-refractivity contribution in [3.63, 3.8) is 0 Å². The number of ether oxygens (including phenoxy) is 2. The van der Waals surface area contributed by atoms with Crippen LogP contribution >= 0.6 is 0 Å². The van der Waals surface area contributed by atoms with Gasteiger partial charge in [0, 0.05) is 5.56 Å². The Bertz CT molecular complexity index is 412. The average Bonchev–Trinajstić information content (AvgIpc) is 2.38. The molecule has 0 bridgehead atoms. The van der Waals surface area contributed by atoms with Crippen molar-refractivity contribution in [3.8, 4) is 5.75 Å². The molecule has 0 saturated carbocycles. The molecular weight excluding hydrogens is 242 g/mol. The number of morpholine rings is 1. The fraction of sp³-hybridized carbons (Fsp3) is 0.533. The highest BCUT2D eigenvalue weighted by Gasteiger charge is 2.25. The molecule has 2 atom stereocenters. The van der Waals surface area contributed by atoms with Crippen LogP contribution in [-0.4, -0.2) is 44.7 Å². The first-order valence-electron chi connectivity index (χ1n) is 6.84. The lowest BCUT2D eigenvalue weighted by Crippen LogP contribution is -3.16. The molecule has 1 aliphatic rings. The number of hydrogen-bond donors (Lipinski definition) is 1. The van der Waals surface area contributed by atoms with Gasteiger partial charge >= 0.3 is 0 Å². The van der Waals surface area contributed by atoms with Crippen molar-refractivity contribution in [2.75, 3.05) is 26.2 Å². The second-order valence-electron chi connectivity index (χ2n) is 5.20. The van der Waals surface area contributed by atoms with E-state index in [-0.39, 0.29) is 0 Å². The maximum Gasteiger partial charge on any atom is 0.150 e. The van der Waals surface area contributed by atoms with E-state index in [1.165, 1.54) is 4.90 Å². The smallest absolute Gasteiger partial charge is 0.150 e. The van der Waals surface area contributed by atoms with Gasteiger partial charge in [0.2, 0.25) is 0 Å². The lowest BCUT2D eigenvalue weighted by molar-refractivity contribution is -0.915. The number of hydrogen-bond acceptors (Lipinski definition) is 3. The zero-order valence-electron chi connectivity index (χ0n) is 11.6. The Kier molecular flexibility index (Phi) is 4.93. The average molecular weight is 264 g/mol. The van der Waals surface area contributed by atoms with Crippen molar-refractivity contribution in [2.24, 2.45) is 0 Å². The predicted octanol–water partition coefficient (Wildman–Crippen LogP) is 0.570. The first-order chi connectivity index (χ1) is 9.17. The molecule has 1 aromatic carbocycles. The molecule has 104 valence electrons. The van der Waals surface area contributed by atoms with Crippen LogP contribution in [0.5, 0.6) is 5.75 Å². The van der Waals surface area contributed by atoms with Crippen LogP contribution in [0.1, 0.15) is 24.2 Å². The van der Waals surface area contributed by atoms with Gasteiger partial charge in [0.05, 0.1) is 0 Å². The lowest BCUT2D eigenvalue weighted by atomic mass is 10.2. The van der Waals surface area contributed by atoms with Crippen LogP contribution in [0.3, 0.4) is 0 Å². The van der Waals surface area contributed by atoms with Crippen LogP contribution in [0.15, 0.2) is 24.3 Å². The molecule has 0 aromatic heterocycles. The summed E-state index contributed by atoms with van der Waals surface area (Å²) in [5, 5.41) is 0. The summed E-state index contributed by atoms with van der Waals surface area (Å²) in [6.07, 6.45) is 1.47. The van der Waals surface area contributed by atoms with Crippen LogP contribution in [-0.2, 0) is 4.74 Å². The van der Waals surface area contributed by atoms with Gasteiger partial charge in [0.15, 0.2) is 0 Å². The monoisotopic (exact) mass is 264 g/mol. The highest BCUT2D eigenvalue weighted by molar-refractivity contribution is 5.75. The summed E-state index contributed by atoms with van der Waals surface area (Å²) in [7, 11) is 0. The van der Waals surface area contributed by atoms with E-state index in [0.29, 0.717) is 24.4 Å². The summed E-state index contributed by atoms with van der Waals surface area (Å²) in [4.78, 5) is 12.2. The minimum Gasteiger partial charge on any atom is -0.488 e. The van der Waals surface area contributed by atoms with Crippen molar-refractivity contribution in [1.82, 2.24) is 0 Å². The van der Waals surface area contributed by atoms with E-state index in [1.807, 2.05) is 12.1 Å². The van der Waals surface area contributed by atoms with Gasteiger partial charge in [0.25, 0.3) is 0 Å². The second-order valence-corrected chi connectivity index (χ2v) is 5.20. The van der Waals surface area contributed by atoms with Gasteiger partial charge in [-0.15, -0.1) is 0 Å². The standard InChI is InChI=1S/C15H21NO3/c1-12-9-16(10-13(2)19-12)6-7-18-15-5-3-4-14(8-15)11-17/h3-5,8,11-13H,6-7,9-10H2,1-2H3/p+1/t12-,13-/m1/s1. The van der Waals surface area contributed by atoms with Crippen molar-refractivity contribution < 1.29 is 19.2 Å². The Balaban J connectivity index is 1.78. The highest BCUT2D eigenvalue weighted by atomic mass is 16.5. The molecule has 1 heterocycles. The Morgan fingerprint density at radius 3 is 2.79 bits per heavy atom. The number of nitrogens with one attached hydrogen (secondary N) is 1. The van der Waals surface area contributed by atoms with Gasteiger partial charge in [-0.1, -0.05) is 12.1 Å². The molecule has 0 amide bonds. The van der Waals surface area contributed by atoms with Gasteiger partial charge < -0.3 is 14.4 Å². The summed E-state index contributed by atoms with van der Waals surface area (Å²) < 4.78 is 11.4. The van der Waals surface area contributed by atoms with Crippen LogP contribution in [0.25, 0.3) is 0 Å². The normalized spacial score (nSPS) is 26.9. The molecule has 0 spiro atoms. The van der Waals surface area contributed by atoms with Gasteiger partial charge in [-0.2, -0.15) is 0 Å². The molecule has 0 aliphatic carbocycles. The minimum atomic E-state index is 0.317. The quantitative estimate of drug-likeness (QED) is 0.790. The van der Waals surface area contributed by atoms with Crippen LogP contribution in [0.2, 0.25) is 0 Å². The highest BCUT2D eigenvalue weighted by Crippen LogP contribution is 2.11. The van der Waals surface area contributed by atoms with Crippen LogP contribution < -0.4 is 9.64 Å². The summed E-state index contributed by atoms with van der Waals surface area (Å²) in [5.74, 6) is 0.762. The van der Waals surface area contributed by atoms with Crippen molar-refractivity contribution in [2.45, 2.75) is 26.1 Å². The maximum atomic E-state index is 10.7. The molecule has 19 heavy (non-hydrogen) atoms. The van der Waals surface area contributed by atoms with E-state index in [2.05, 4.69) is 13.8 Å². The Morgan fingerprint density at radius 2 is 2.11 bits per heavy atom. The van der Waals surface area contributed by atoms with E-state index in [4.69, 9.17) is 9.47 Å². The molecule has 1 fully saturated rings. The molecule has 4 nitrogen and oxygen atoms in total. The number of quaternary nitrogens is 1. The van der Waals surface area contributed by atoms with Crippen LogP contribution in [0.4, 0.5) is 0 Å². The Hall–Kier alpha value is -1.39. The molecule has 1 aromatic rings. The fourth-order valence-electron chi connectivity index (χ4n) is 2.58. The fourth-order valence-corrected chi connectivity index (χ4v) is 2.58. The van der Waals surface area contributed by atoms with Crippen LogP contribution in [0, 0.1) is 0 Å². The van der Waals surface area contributed by atoms with E-state index in [0.717, 1.165) is 31.7 Å². The summed E-state index contributed by atoms with van der Waals surface area (Å²) >= 11 is 0. The van der Waals surface area contributed by atoms with Gasteiger partial charge in [-0.3, -0.25) is 4.79 Å².